The average Bonchev–Trinajstić information content (AvgIpc) is 2.87. The lowest BCUT2D eigenvalue weighted by Gasteiger charge is -2.07. The molecular formula is C11H9N3O3. The minimum absolute atomic E-state index is 0.112. The van der Waals surface area contributed by atoms with E-state index < -0.39 is 4.92 Å². The molecule has 0 radical (unpaired) electrons. The Morgan fingerprint density at radius 1 is 1.41 bits per heavy atom. The number of imidazole rings is 1. The van der Waals surface area contributed by atoms with Crippen molar-refractivity contribution in [2.75, 3.05) is 0 Å². The van der Waals surface area contributed by atoms with Crippen LogP contribution in [0.2, 0.25) is 0 Å². The molecule has 0 bridgehead atoms. The van der Waals surface area contributed by atoms with Crippen LogP contribution in [0.1, 0.15) is 11.7 Å². The molecule has 2 heterocycles. The van der Waals surface area contributed by atoms with Crippen LogP contribution in [0.15, 0.2) is 36.5 Å². The van der Waals surface area contributed by atoms with Crippen molar-refractivity contribution in [3.63, 3.8) is 0 Å². The average molecular weight is 231 g/mol. The Kier molecular flexibility index (Phi) is 2.07. The first-order chi connectivity index (χ1) is 8.24. The molecule has 1 aromatic carbocycles. The number of fused-ring (bicyclic) bond motifs is 1. The fourth-order valence-corrected chi connectivity index (χ4v) is 1.88. The molecule has 3 rings (SSSR count). The Hall–Kier alpha value is -2.37. The van der Waals surface area contributed by atoms with Crippen LogP contribution in [0.25, 0.3) is 0 Å². The van der Waals surface area contributed by atoms with Crippen molar-refractivity contribution in [2.45, 2.75) is 12.6 Å². The highest BCUT2D eigenvalue weighted by atomic mass is 16.6. The monoisotopic (exact) mass is 231 g/mol. The number of rotatable bonds is 2. The zero-order chi connectivity index (χ0) is 11.8. The number of benzene rings is 1. The van der Waals surface area contributed by atoms with Gasteiger partial charge in [-0.15, -0.1) is 0 Å². The van der Waals surface area contributed by atoms with Crippen molar-refractivity contribution in [1.29, 1.82) is 0 Å². The molecule has 2 aromatic rings. The molecular weight excluding hydrogens is 222 g/mol. The Balaban J connectivity index is 1.85. The third kappa shape index (κ3) is 1.63. The van der Waals surface area contributed by atoms with E-state index in [-0.39, 0.29) is 11.9 Å². The topological polar surface area (TPSA) is 70.2 Å². The Morgan fingerprint density at radius 3 is 2.82 bits per heavy atom. The fraction of sp³-hybridized carbons (Fsp3) is 0.182. The second-order valence-corrected chi connectivity index (χ2v) is 3.81. The van der Waals surface area contributed by atoms with Gasteiger partial charge >= 0.3 is 11.8 Å². The Bertz CT molecular complexity index is 541. The second kappa shape index (κ2) is 3.58. The summed E-state index contributed by atoms with van der Waals surface area (Å²) in [4.78, 5) is 13.8. The van der Waals surface area contributed by atoms with Crippen molar-refractivity contribution in [3.8, 4) is 6.01 Å². The van der Waals surface area contributed by atoms with Crippen LogP contribution in [0.3, 0.4) is 0 Å². The number of nitro groups is 1. The maximum Gasteiger partial charge on any atom is 0.415 e. The van der Waals surface area contributed by atoms with E-state index in [9.17, 15) is 10.1 Å². The summed E-state index contributed by atoms with van der Waals surface area (Å²) in [7, 11) is 0. The Morgan fingerprint density at radius 2 is 2.18 bits per heavy atom. The highest BCUT2D eigenvalue weighted by molar-refractivity contribution is 5.26. The minimum Gasteiger partial charge on any atom is -0.436 e. The van der Waals surface area contributed by atoms with Crippen molar-refractivity contribution in [1.82, 2.24) is 9.55 Å². The van der Waals surface area contributed by atoms with Gasteiger partial charge in [-0.3, -0.25) is 4.57 Å². The SMILES string of the molecule is O=[N+]([O-])c1cn2c(n1)O[C@H](c1ccccc1)C2. The quantitative estimate of drug-likeness (QED) is 0.584. The Labute approximate surface area is 96.6 Å². The number of hydrogen-bond acceptors (Lipinski definition) is 4. The summed E-state index contributed by atoms with van der Waals surface area (Å²) in [5.74, 6) is -0.175. The van der Waals surface area contributed by atoms with Gasteiger partial charge in [-0.25, -0.2) is 0 Å². The molecule has 1 aliphatic rings. The van der Waals surface area contributed by atoms with Gasteiger partial charge in [0, 0.05) is 4.98 Å². The van der Waals surface area contributed by atoms with E-state index in [2.05, 4.69) is 4.98 Å². The van der Waals surface area contributed by atoms with Gasteiger partial charge in [-0.1, -0.05) is 30.3 Å². The zero-order valence-electron chi connectivity index (χ0n) is 8.81. The summed E-state index contributed by atoms with van der Waals surface area (Å²) < 4.78 is 7.23. The van der Waals surface area contributed by atoms with Gasteiger partial charge in [0.05, 0.1) is 6.54 Å². The second-order valence-electron chi connectivity index (χ2n) is 3.81. The van der Waals surface area contributed by atoms with Gasteiger partial charge in [-0.2, -0.15) is 0 Å². The standard InChI is InChI=1S/C11H9N3O3/c15-14(16)10-7-13-6-9(17-11(13)12-10)8-4-2-1-3-5-8/h1-5,7,9H,6H2/t9-/m0/s1. The van der Waals surface area contributed by atoms with Crippen LogP contribution in [0.5, 0.6) is 6.01 Å². The molecule has 17 heavy (non-hydrogen) atoms. The first-order valence-corrected chi connectivity index (χ1v) is 5.17. The van der Waals surface area contributed by atoms with Crippen molar-refractivity contribution in [3.05, 3.63) is 52.2 Å². The van der Waals surface area contributed by atoms with Gasteiger partial charge in [0.1, 0.15) is 12.3 Å². The van der Waals surface area contributed by atoms with E-state index >= 15 is 0 Å². The summed E-state index contributed by atoms with van der Waals surface area (Å²) in [5, 5.41) is 10.5. The van der Waals surface area contributed by atoms with Gasteiger partial charge in [0.25, 0.3) is 0 Å². The van der Waals surface area contributed by atoms with Crippen LogP contribution in [0.4, 0.5) is 5.82 Å². The highest BCUT2D eigenvalue weighted by Gasteiger charge is 2.31. The highest BCUT2D eigenvalue weighted by Crippen LogP contribution is 2.32. The van der Waals surface area contributed by atoms with Crippen LogP contribution in [0, 0.1) is 10.1 Å². The number of aromatic nitrogens is 2. The van der Waals surface area contributed by atoms with Crippen LogP contribution >= 0.6 is 0 Å². The molecule has 0 fully saturated rings. The lowest BCUT2D eigenvalue weighted by molar-refractivity contribution is -0.389. The summed E-state index contributed by atoms with van der Waals surface area (Å²) in [6, 6.07) is 10.0. The van der Waals surface area contributed by atoms with Crippen molar-refractivity contribution < 1.29 is 9.66 Å². The molecule has 1 aliphatic heterocycles. The van der Waals surface area contributed by atoms with Crippen molar-refractivity contribution >= 4 is 5.82 Å². The zero-order valence-corrected chi connectivity index (χ0v) is 8.81. The third-order valence-corrected chi connectivity index (χ3v) is 2.70. The first-order valence-electron chi connectivity index (χ1n) is 5.17. The predicted octanol–water partition coefficient (Wildman–Crippen LogP) is 1.93. The molecule has 0 N–H and O–H groups in total. The molecule has 0 spiro atoms. The third-order valence-electron chi connectivity index (χ3n) is 2.70. The van der Waals surface area contributed by atoms with E-state index in [0.29, 0.717) is 12.6 Å². The largest absolute Gasteiger partial charge is 0.436 e. The fourth-order valence-electron chi connectivity index (χ4n) is 1.88. The van der Waals surface area contributed by atoms with Crippen molar-refractivity contribution in [2.24, 2.45) is 0 Å². The van der Waals surface area contributed by atoms with Crippen LogP contribution < -0.4 is 4.74 Å². The van der Waals surface area contributed by atoms with E-state index in [1.807, 2.05) is 30.3 Å². The van der Waals surface area contributed by atoms with Crippen LogP contribution in [-0.2, 0) is 6.54 Å². The molecule has 1 aromatic heterocycles. The summed E-state index contributed by atoms with van der Waals surface area (Å²) >= 11 is 0. The first kappa shape index (κ1) is 9.83. The molecule has 0 aliphatic carbocycles. The molecule has 86 valence electrons. The lowest BCUT2D eigenvalue weighted by Crippen LogP contribution is -2.05. The summed E-state index contributed by atoms with van der Waals surface area (Å²) in [6.45, 7) is 0.556. The summed E-state index contributed by atoms with van der Waals surface area (Å²) in [6.07, 6.45) is 1.29. The molecule has 0 amide bonds. The van der Waals surface area contributed by atoms with Gasteiger partial charge < -0.3 is 14.9 Å². The lowest BCUT2D eigenvalue weighted by atomic mass is 10.1. The smallest absolute Gasteiger partial charge is 0.415 e. The van der Waals surface area contributed by atoms with E-state index in [1.165, 1.54) is 6.20 Å². The van der Waals surface area contributed by atoms with E-state index in [1.54, 1.807) is 4.57 Å². The minimum atomic E-state index is -0.522. The molecule has 0 saturated heterocycles. The van der Waals surface area contributed by atoms with Gasteiger partial charge in [-0.05, 0) is 10.5 Å². The van der Waals surface area contributed by atoms with Gasteiger partial charge in [0.2, 0.25) is 0 Å². The molecule has 6 heteroatoms. The normalized spacial score (nSPS) is 17.5. The number of nitrogens with zero attached hydrogens (tertiary/aromatic N) is 3. The summed E-state index contributed by atoms with van der Waals surface area (Å²) in [5.41, 5.74) is 1.04. The maximum atomic E-state index is 10.5. The molecule has 1 atom stereocenters. The maximum absolute atomic E-state index is 10.5. The number of ether oxygens (including phenoxy) is 1. The van der Waals surface area contributed by atoms with Gasteiger partial charge in [0.15, 0.2) is 0 Å². The number of hydrogen-bond donors (Lipinski definition) is 0. The van der Waals surface area contributed by atoms with E-state index in [4.69, 9.17) is 4.74 Å². The molecule has 0 saturated carbocycles. The molecule has 6 nitrogen and oxygen atoms in total. The van der Waals surface area contributed by atoms with E-state index in [0.717, 1.165) is 5.56 Å². The molecule has 0 unspecified atom stereocenters. The predicted molar refractivity (Wildman–Crippen MR) is 58.7 cm³/mol. The van der Waals surface area contributed by atoms with Crippen LogP contribution in [-0.4, -0.2) is 14.5 Å².